The SMILES string of the molecule is CC(C)N1Cc2cc3c(CCCN)cn(C)c3cc2C1. The molecule has 1 aliphatic rings. The zero-order valence-corrected chi connectivity index (χ0v) is 12.8. The van der Waals surface area contributed by atoms with Gasteiger partial charge in [-0.05, 0) is 62.1 Å². The van der Waals surface area contributed by atoms with E-state index in [-0.39, 0.29) is 0 Å². The van der Waals surface area contributed by atoms with Crippen molar-refractivity contribution in [1.29, 1.82) is 0 Å². The van der Waals surface area contributed by atoms with E-state index in [0.29, 0.717) is 6.04 Å². The summed E-state index contributed by atoms with van der Waals surface area (Å²) in [5, 5.41) is 1.42. The minimum Gasteiger partial charge on any atom is -0.350 e. The molecule has 0 bridgehead atoms. The van der Waals surface area contributed by atoms with E-state index < -0.39 is 0 Å². The molecule has 1 aromatic carbocycles. The van der Waals surface area contributed by atoms with Crippen LogP contribution in [0.2, 0.25) is 0 Å². The van der Waals surface area contributed by atoms with E-state index in [9.17, 15) is 0 Å². The van der Waals surface area contributed by atoms with Crippen molar-refractivity contribution in [3.63, 3.8) is 0 Å². The molecule has 0 atom stereocenters. The van der Waals surface area contributed by atoms with Crippen molar-refractivity contribution in [2.75, 3.05) is 6.54 Å². The lowest BCUT2D eigenvalue weighted by Gasteiger charge is -2.18. The molecule has 108 valence electrons. The maximum Gasteiger partial charge on any atom is 0.0484 e. The third-order valence-electron chi connectivity index (χ3n) is 4.52. The van der Waals surface area contributed by atoms with E-state index in [0.717, 1.165) is 32.5 Å². The molecule has 1 aliphatic heterocycles. The van der Waals surface area contributed by atoms with Crippen molar-refractivity contribution >= 4 is 10.9 Å². The normalized spacial score (nSPS) is 15.4. The van der Waals surface area contributed by atoms with Gasteiger partial charge in [0.2, 0.25) is 0 Å². The van der Waals surface area contributed by atoms with Crippen molar-refractivity contribution in [3.05, 3.63) is 35.0 Å². The average Bonchev–Trinajstić information content (AvgIpc) is 2.96. The first-order valence-electron chi connectivity index (χ1n) is 7.64. The molecular weight excluding hydrogens is 246 g/mol. The Labute approximate surface area is 121 Å². The van der Waals surface area contributed by atoms with Gasteiger partial charge in [-0.25, -0.2) is 0 Å². The first kappa shape index (κ1) is 13.7. The molecule has 1 aromatic heterocycles. The van der Waals surface area contributed by atoms with E-state index in [4.69, 9.17) is 5.73 Å². The minimum absolute atomic E-state index is 0.613. The van der Waals surface area contributed by atoms with Crippen LogP contribution in [0, 0.1) is 0 Å². The minimum atomic E-state index is 0.613. The van der Waals surface area contributed by atoms with Crippen molar-refractivity contribution in [2.24, 2.45) is 12.8 Å². The fourth-order valence-corrected chi connectivity index (χ4v) is 3.24. The summed E-state index contributed by atoms with van der Waals surface area (Å²) < 4.78 is 2.26. The lowest BCUT2D eigenvalue weighted by Crippen LogP contribution is -2.24. The molecule has 0 radical (unpaired) electrons. The zero-order chi connectivity index (χ0) is 14.3. The van der Waals surface area contributed by atoms with Crippen LogP contribution < -0.4 is 5.73 Å². The molecule has 2 heterocycles. The number of fused-ring (bicyclic) bond motifs is 2. The van der Waals surface area contributed by atoms with Gasteiger partial charge in [-0.2, -0.15) is 0 Å². The van der Waals surface area contributed by atoms with Gasteiger partial charge in [0, 0.05) is 43.3 Å². The Kier molecular flexibility index (Phi) is 3.57. The number of aromatic nitrogens is 1. The van der Waals surface area contributed by atoms with Gasteiger partial charge >= 0.3 is 0 Å². The maximum atomic E-state index is 5.66. The molecule has 0 fully saturated rings. The fraction of sp³-hybridized carbons (Fsp3) is 0.529. The van der Waals surface area contributed by atoms with Gasteiger partial charge in [-0.1, -0.05) is 0 Å². The molecule has 0 saturated heterocycles. The molecule has 0 unspecified atom stereocenters. The standard InChI is InChI=1S/C17H25N3/c1-12(2)20-10-14-7-16-13(5-4-6-18)9-19(3)17(16)8-15(14)11-20/h7-9,12H,4-6,10-11,18H2,1-3H3. The van der Waals surface area contributed by atoms with Crippen LogP contribution in [0.3, 0.4) is 0 Å². The molecule has 0 aliphatic carbocycles. The molecule has 3 nitrogen and oxygen atoms in total. The number of nitrogens with zero attached hydrogens (tertiary/aromatic N) is 2. The largest absolute Gasteiger partial charge is 0.350 e. The Morgan fingerprint density at radius 2 is 1.90 bits per heavy atom. The van der Waals surface area contributed by atoms with Crippen LogP contribution >= 0.6 is 0 Å². The quantitative estimate of drug-likeness (QED) is 0.928. The van der Waals surface area contributed by atoms with E-state index in [1.807, 2.05) is 0 Å². The highest BCUT2D eigenvalue weighted by atomic mass is 15.2. The van der Waals surface area contributed by atoms with Gasteiger partial charge < -0.3 is 10.3 Å². The summed E-state index contributed by atoms with van der Waals surface area (Å²) in [5.74, 6) is 0. The number of nitrogens with two attached hydrogens (primary N) is 1. The first-order chi connectivity index (χ1) is 9.60. The van der Waals surface area contributed by atoms with Gasteiger partial charge in [-0.3, -0.25) is 4.90 Å². The fourth-order valence-electron chi connectivity index (χ4n) is 3.24. The van der Waals surface area contributed by atoms with Crippen molar-refractivity contribution in [2.45, 2.75) is 45.8 Å². The number of rotatable bonds is 4. The van der Waals surface area contributed by atoms with E-state index in [1.165, 1.54) is 27.6 Å². The Morgan fingerprint density at radius 3 is 2.55 bits per heavy atom. The molecular formula is C17H25N3. The van der Waals surface area contributed by atoms with E-state index in [2.05, 4.69) is 48.7 Å². The Hall–Kier alpha value is -1.32. The molecule has 3 rings (SSSR count). The molecule has 20 heavy (non-hydrogen) atoms. The van der Waals surface area contributed by atoms with Crippen LogP contribution in [-0.2, 0) is 26.6 Å². The monoisotopic (exact) mass is 271 g/mol. The summed E-state index contributed by atoms with van der Waals surface area (Å²) in [6, 6.07) is 5.42. The van der Waals surface area contributed by atoms with Gasteiger partial charge in [0.05, 0.1) is 0 Å². The summed E-state index contributed by atoms with van der Waals surface area (Å²) in [5.41, 5.74) is 11.5. The molecule has 2 aromatic rings. The van der Waals surface area contributed by atoms with Gasteiger partial charge in [0.25, 0.3) is 0 Å². The topological polar surface area (TPSA) is 34.2 Å². The van der Waals surface area contributed by atoms with Gasteiger partial charge in [0.1, 0.15) is 0 Å². The summed E-state index contributed by atoms with van der Waals surface area (Å²) in [6.45, 7) is 7.50. The second-order valence-corrected chi connectivity index (χ2v) is 6.29. The number of benzene rings is 1. The van der Waals surface area contributed by atoms with Crippen molar-refractivity contribution < 1.29 is 0 Å². The number of aryl methyl sites for hydroxylation is 2. The van der Waals surface area contributed by atoms with Crippen LogP contribution in [-0.4, -0.2) is 22.1 Å². The van der Waals surface area contributed by atoms with Crippen LogP contribution in [0.1, 0.15) is 37.0 Å². The predicted molar refractivity (Wildman–Crippen MR) is 84.7 cm³/mol. The van der Waals surface area contributed by atoms with Crippen molar-refractivity contribution in [1.82, 2.24) is 9.47 Å². The maximum absolute atomic E-state index is 5.66. The lowest BCUT2D eigenvalue weighted by molar-refractivity contribution is 0.227. The van der Waals surface area contributed by atoms with Crippen LogP contribution in [0.15, 0.2) is 18.3 Å². The second-order valence-electron chi connectivity index (χ2n) is 6.29. The second kappa shape index (κ2) is 5.23. The molecule has 0 saturated carbocycles. The van der Waals surface area contributed by atoms with Gasteiger partial charge in [-0.15, -0.1) is 0 Å². The smallest absolute Gasteiger partial charge is 0.0484 e. The Balaban J connectivity index is 2.01. The summed E-state index contributed by atoms with van der Waals surface area (Å²) >= 11 is 0. The van der Waals surface area contributed by atoms with Gasteiger partial charge in [0.15, 0.2) is 0 Å². The summed E-state index contributed by atoms with van der Waals surface area (Å²) in [6.07, 6.45) is 4.42. The van der Waals surface area contributed by atoms with Crippen LogP contribution in [0.25, 0.3) is 10.9 Å². The highest BCUT2D eigenvalue weighted by Crippen LogP contribution is 2.31. The van der Waals surface area contributed by atoms with Crippen molar-refractivity contribution in [3.8, 4) is 0 Å². The molecule has 0 spiro atoms. The van der Waals surface area contributed by atoms with E-state index >= 15 is 0 Å². The first-order valence-corrected chi connectivity index (χ1v) is 7.64. The van der Waals surface area contributed by atoms with Crippen LogP contribution in [0.4, 0.5) is 0 Å². The average molecular weight is 271 g/mol. The molecule has 2 N–H and O–H groups in total. The number of hydrogen-bond acceptors (Lipinski definition) is 2. The third kappa shape index (κ3) is 2.25. The predicted octanol–water partition coefficient (Wildman–Crippen LogP) is 2.79. The Bertz CT molecular complexity index is 625. The highest BCUT2D eigenvalue weighted by Gasteiger charge is 2.22. The van der Waals surface area contributed by atoms with Crippen LogP contribution in [0.5, 0.6) is 0 Å². The third-order valence-corrected chi connectivity index (χ3v) is 4.52. The summed E-state index contributed by atoms with van der Waals surface area (Å²) in [7, 11) is 2.15. The zero-order valence-electron chi connectivity index (χ0n) is 12.8. The summed E-state index contributed by atoms with van der Waals surface area (Å²) in [4.78, 5) is 2.53. The number of hydrogen-bond donors (Lipinski definition) is 1. The Morgan fingerprint density at radius 1 is 1.20 bits per heavy atom. The van der Waals surface area contributed by atoms with E-state index in [1.54, 1.807) is 0 Å². The molecule has 3 heteroatoms. The molecule has 0 amide bonds. The highest BCUT2D eigenvalue weighted by molar-refractivity contribution is 5.85. The lowest BCUT2D eigenvalue weighted by atomic mass is 10.0.